The highest BCUT2D eigenvalue weighted by molar-refractivity contribution is 5.94. The first kappa shape index (κ1) is 30.7. The number of nitrogens with one attached hydrogen (secondary N) is 3. The van der Waals surface area contributed by atoms with Crippen LogP contribution < -0.4 is 33.2 Å². The summed E-state index contributed by atoms with van der Waals surface area (Å²) < 4.78 is 0. The lowest BCUT2D eigenvalue weighted by molar-refractivity contribution is -0.147. The van der Waals surface area contributed by atoms with E-state index in [-0.39, 0.29) is 25.2 Å². The Morgan fingerprint density at radius 1 is 0.794 bits per heavy atom. The number of rotatable bonds is 17. The van der Waals surface area contributed by atoms with Crippen LogP contribution in [0.5, 0.6) is 0 Å². The first-order valence-corrected chi connectivity index (χ1v) is 10.9. The summed E-state index contributed by atoms with van der Waals surface area (Å²) in [5.74, 6) is -6.40. The van der Waals surface area contributed by atoms with Crippen molar-refractivity contribution in [3.05, 3.63) is 0 Å². The fraction of sp³-hybridized carbons (Fsp3) is 0.700. The number of unbranched alkanes of at least 4 members (excludes halogenated alkanes) is 1. The van der Waals surface area contributed by atoms with Crippen molar-refractivity contribution < 1.29 is 39.0 Å². The summed E-state index contributed by atoms with van der Waals surface area (Å²) in [6.07, 6.45) is -0.276. The Hall–Kier alpha value is -3.26. The fourth-order valence-electron chi connectivity index (χ4n) is 2.81. The molecule has 0 rings (SSSR count). The second-order valence-corrected chi connectivity index (χ2v) is 8.18. The van der Waals surface area contributed by atoms with Crippen molar-refractivity contribution in [2.24, 2.45) is 23.1 Å². The molecule has 0 bridgehead atoms. The molecule has 11 N–H and O–H groups in total. The van der Waals surface area contributed by atoms with Gasteiger partial charge in [-0.1, -0.05) is 13.8 Å². The zero-order valence-corrected chi connectivity index (χ0v) is 19.4. The van der Waals surface area contributed by atoms with Crippen LogP contribution in [-0.2, 0) is 28.8 Å². The number of aliphatic carboxylic acids is 2. The number of carbonyl (C=O) groups excluding carboxylic acids is 4. The first-order valence-electron chi connectivity index (χ1n) is 10.9. The van der Waals surface area contributed by atoms with Crippen molar-refractivity contribution >= 4 is 35.6 Å². The highest BCUT2D eigenvalue weighted by Gasteiger charge is 2.31. The van der Waals surface area contributed by atoms with Crippen LogP contribution in [0.25, 0.3) is 0 Å². The molecule has 0 fully saturated rings. The molecule has 0 aliphatic rings. The number of carboxylic acids is 2. The zero-order chi connectivity index (χ0) is 26.4. The molecule has 194 valence electrons. The highest BCUT2D eigenvalue weighted by atomic mass is 16.4. The molecule has 0 aromatic rings. The number of hydrogen-bond acceptors (Lipinski definition) is 8. The van der Waals surface area contributed by atoms with E-state index in [4.69, 9.17) is 27.4 Å². The van der Waals surface area contributed by atoms with Gasteiger partial charge in [0, 0.05) is 6.42 Å². The molecule has 14 nitrogen and oxygen atoms in total. The molecule has 0 heterocycles. The van der Waals surface area contributed by atoms with Crippen LogP contribution in [-0.4, -0.2) is 76.5 Å². The summed E-state index contributed by atoms with van der Waals surface area (Å²) in [5, 5.41) is 24.9. The molecule has 0 saturated carbocycles. The molecule has 0 aliphatic heterocycles. The molecule has 0 aromatic carbocycles. The Morgan fingerprint density at radius 3 is 1.74 bits per heavy atom. The molecule has 34 heavy (non-hydrogen) atoms. The average Bonchev–Trinajstić information content (AvgIpc) is 2.73. The van der Waals surface area contributed by atoms with Gasteiger partial charge in [-0.25, -0.2) is 4.79 Å². The quantitative estimate of drug-likeness (QED) is 0.0988. The van der Waals surface area contributed by atoms with Gasteiger partial charge in [0.25, 0.3) is 0 Å². The summed E-state index contributed by atoms with van der Waals surface area (Å²) in [5.41, 5.74) is 16.4. The topological polar surface area (TPSA) is 257 Å². The predicted molar refractivity (Wildman–Crippen MR) is 120 cm³/mol. The highest BCUT2D eigenvalue weighted by Crippen LogP contribution is 2.07. The molecule has 4 amide bonds. The first-order chi connectivity index (χ1) is 15.8. The van der Waals surface area contributed by atoms with Crippen molar-refractivity contribution in [2.45, 2.75) is 76.5 Å². The van der Waals surface area contributed by atoms with E-state index in [1.54, 1.807) is 13.8 Å². The summed E-state index contributed by atoms with van der Waals surface area (Å²) in [7, 11) is 0. The van der Waals surface area contributed by atoms with E-state index in [2.05, 4.69) is 10.6 Å². The van der Waals surface area contributed by atoms with Gasteiger partial charge in [-0.05, 0) is 38.1 Å². The van der Waals surface area contributed by atoms with Gasteiger partial charge in [-0.15, -0.1) is 0 Å². The summed E-state index contributed by atoms with van der Waals surface area (Å²) in [6.45, 7) is 3.82. The number of carbonyl (C=O) groups is 6. The molecular formula is C20H36N6O8. The Morgan fingerprint density at radius 2 is 1.29 bits per heavy atom. The lowest BCUT2D eigenvalue weighted by Gasteiger charge is -2.25. The van der Waals surface area contributed by atoms with E-state index in [1.807, 2.05) is 5.32 Å². The second kappa shape index (κ2) is 15.6. The van der Waals surface area contributed by atoms with E-state index >= 15 is 0 Å². The van der Waals surface area contributed by atoms with Crippen LogP contribution in [0.1, 0.15) is 52.4 Å². The van der Waals surface area contributed by atoms with Gasteiger partial charge in [-0.3, -0.25) is 24.0 Å². The van der Waals surface area contributed by atoms with Gasteiger partial charge in [0.05, 0.1) is 12.5 Å². The number of primary amides is 1. The molecule has 0 saturated heterocycles. The third kappa shape index (κ3) is 12.1. The minimum Gasteiger partial charge on any atom is -0.481 e. The van der Waals surface area contributed by atoms with E-state index < -0.39 is 66.2 Å². The van der Waals surface area contributed by atoms with Crippen LogP contribution in [0.3, 0.4) is 0 Å². The largest absolute Gasteiger partial charge is 0.481 e. The molecular weight excluding hydrogens is 452 g/mol. The van der Waals surface area contributed by atoms with Gasteiger partial charge in [-0.2, -0.15) is 0 Å². The average molecular weight is 489 g/mol. The van der Waals surface area contributed by atoms with Crippen molar-refractivity contribution in [1.29, 1.82) is 0 Å². The lowest BCUT2D eigenvalue weighted by atomic mass is 10.0. The van der Waals surface area contributed by atoms with Crippen LogP contribution in [0, 0.1) is 5.92 Å². The lowest BCUT2D eigenvalue weighted by Crippen LogP contribution is -2.57. The molecule has 0 aliphatic carbocycles. The van der Waals surface area contributed by atoms with Crippen molar-refractivity contribution in [1.82, 2.24) is 16.0 Å². The van der Waals surface area contributed by atoms with E-state index in [1.165, 1.54) is 0 Å². The van der Waals surface area contributed by atoms with Gasteiger partial charge >= 0.3 is 11.9 Å². The molecule has 4 atom stereocenters. The standard InChI is InChI=1S/C20H36N6O8/c1-10(2)16(23)19(32)25-11(5-3-4-8-21)17(30)24-12(6-7-14(22)27)18(31)26-13(20(33)34)9-15(28)29/h10-13,16H,3-9,21,23H2,1-2H3,(H2,22,27)(H,24,30)(H,25,32)(H,26,31)(H,28,29)(H,33,34). The van der Waals surface area contributed by atoms with Crippen LogP contribution in [0.2, 0.25) is 0 Å². The van der Waals surface area contributed by atoms with Crippen molar-refractivity contribution in [3.63, 3.8) is 0 Å². The number of nitrogens with two attached hydrogens (primary N) is 3. The molecule has 0 radical (unpaired) electrons. The third-order valence-electron chi connectivity index (χ3n) is 4.91. The zero-order valence-electron chi connectivity index (χ0n) is 19.4. The third-order valence-corrected chi connectivity index (χ3v) is 4.91. The Bertz CT molecular complexity index is 745. The Balaban J connectivity index is 5.60. The molecule has 4 unspecified atom stereocenters. The van der Waals surface area contributed by atoms with Crippen molar-refractivity contribution in [3.8, 4) is 0 Å². The molecule has 0 spiro atoms. The minimum absolute atomic E-state index is 0.181. The smallest absolute Gasteiger partial charge is 0.326 e. The van der Waals surface area contributed by atoms with Gasteiger partial charge in [0.15, 0.2) is 0 Å². The Kier molecular flexibility index (Phi) is 14.1. The second-order valence-electron chi connectivity index (χ2n) is 8.18. The van der Waals surface area contributed by atoms with Gasteiger partial charge in [0.2, 0.25) is 23.6 Å². The maximum Gasteiger partial charge on any atom is 0.326 e. The number of hydrogen-bond donors (Lipinski definition) is 8. The molecule has 14 heteroatoms. The maximum atomic E-state index is 12.9. The molecule has 0 aromatic heterocycles. The van der Waals surface area contributed by atoms with E-state index in [9.17, 15) is 28.8 Å². The summed E-state index contributed by atoms with van der Waals surface area (Å²) >= 11 is 0. The van der Waals surface area contributed by atoms with E-state index in [0.29, 0.717) is 19.4 Å². The SMILES string of the molecule is CC(C)C(N)C(=O)NC(CCCCN)C(=O)NC(CCC(N)=O)C(=O)NC(CC(=O)O)C(=O)O. The maximum absolute atomic E-state index is 12.9. The number of carboxylic acid groups (broad SMARTS) is 2. The van der Waals surface area contributed by atoms with Crippen LogP contribution in [0.15, 0.2) is 0 Å². The summed E-state index contributed by atoms with van der Waals surface area (Å²) in [4.78, 5) is 71.3. The van der Waals surface area contributed by atoms with Crippen LogP contribution in [0.4, 0.5) is 0 Å². The monoisotopic (exact) mass is 488 g/mol. The summed E-state index contributed by atoms with van der Waals surface area (Å²) in [6, 6.07) is -5.14. The van der Waals surface area contributed by atoms with Gasteiger partial charge < -0.3 is 43.4 Å². The van der Waals surface area contributed by atoms with Crippen molar-refractivity contribution in [2.75, 3.05) is 6.54 Å². The number of amides is 4. The Labute approximate surface area is 197 Å². The minimum atomic E-state index is -1.76. The van der Waals surface area contributed by atoms with Gasteiger partial charge in [0.1, 0.15) is 18.1 Å². The fourth-order valence-corrected chi connectivity index (χ4v) is 2.81. The van der Waals surface area contributed by atoms with E-state index in [0.717, 1.165) is 0 Å². The predicted octanol–water partition coefficient (Wildman–Crippen LogP) is -2.62. The van der Waals surface area contributed by atoms with Crippen LogP contribution >= 0.6 is 0 Å². The normalized spacial score (nSPS) is 14.4.